The van der Waals surface area contributed by atoms with Crippen molar-refractivity contribution in [2.24, 2.45) is 0 Å². The minimum Gasteiger partial charge on any atom is -0.338 e. The van der Waals surface area contributed by atoms with Gasteiger partial charge in [-0.15, -0.1) is 0 Å². The zero-order valence-electron chi connectivity index (χ0n) is 13.2. The summed E-state index contributed by atoms with van der Waals surface area (Å²) in [6.45, 7) is 6.81. The van der Waals surface area contributed by atoms with Gasteiger partial charge >= 0.3 is 0 Å². The number of anilines is 1. The SMILES string of the molecule is Cc1cc(NC(=O)CN2CCN(Cc3ccncc3)CC2)on1. The third kappa shape index (κ3) is 4.61. The predicted octanol–water partition coefficient (Wildman–Crippen LogP) is 1.13. The fraction of sp³-hybridized carbons (Fsp3) is 0.438. The van der Waals surface area contributed by atoms with Crippen LogP contribution in [0.5, 0.6) is 0 Å². The maximum atomic E-state index is 12.0. The van der Waals surface area contributed by atoms with E-state index in [4.69, 9.17) is 4.52 Å². The summed E-state index contributed by atoms with van der Waals surface area (Å²) in [6, 6.07) is 5.79. The van der Waals surface area contributed by atoms with E-state index in [0.717, 1.165) is 38.4 Å². The van der Waals surface area contributed by atoms with Crippen molar-refractivity contribution in [3.05, 3.63) is 41.9 Å². The molecule has 1 fully saturated rings. The summed E-state index contributed by atoms with van der Waals surface area (Å²) < 4.78 is 4.99. The van der Waals surface area contributed by atoms with Gasteiger partial charge in [-0.1, -0.05) is 5.16 Å². The average molecular weight is 315 g/mol. The summed E-state index contributed by atoms with van der Waals surface area (Å²) in [4.78, 5) is 20.6. The number of aromatic nitrogens is 2. The molecule has 7 heteroatoms. The molecule has 1 saturated heterocycles. The van der Waals surface area contributed by atoms with E-state index in [-0.39, 0.29) is 5.91 Å². The minimum atomic E-state index is -0.0660. The van der Waals surface area contributed by atoms with Gasteiger partial charge in [0.1, 0.15) is 0 Å². The van der Waals surface area contributed by atoms with Crippen LogP contribution in [0.1, 0.15) is 11.3 Å². The van der Waals surface area contributed by atoms with Crippen molar-refractivity contribution in [2.75, 3.05) is 38.0 Å². The molecule has 0 saturated carbocycles. The number of nitrogens with zero attached hydrogens (tertiary/aromatic N) is 4. The van der Waals surface area contributed by atoms with Crippen LogP contribution in [0, 0.1) is 6.92 Å². The first-order valence-corrected chi connectivity index (χ1v) is 7.76. The van der Waals surface area contributed by atoms with Gasteiger partial charge in [0.05, 0.1) is 12.2 Å². The quantitative estimate of drug-likeness (QED) is 0.892. The average Bonchev–Trinajstić information content (AvgIpc) is 2.95. The van der Waals surface area contributed by atoms with Gasteiger partial charge in [-0.25, -0.2) is 0 Å². The summed E-state index contributed by atoms with van der Waals surface area (Å²) in [7, 11) is 0. The molecule has 2 aromatic heterocycles. The van der Waals surface area contributed by atoms with Crippen molar-refractivity contribution in [1.82, 2.24) is 19.9 Å². The van der Waals surface area contributed by atoms with Crippen LogP contribution in [0.15, 0.2) is 35.1 Å². The normalized spacial score (nSPS) is 16.4. The third-order valence-electron chi connectivity index (χ3n) is 3.88. The Morgan fingerprint density at radius 1 is 1.22 bits per heavy atom. The smallest absolute Gasteiger partial charge is 0.240 e. The van der Waals surface area contributed by atoms with Crippen LogP contribution in [0.2, 0.25) is 0 Å². The van der Waals surface area contributed by atoms with Gasteiger partial charge in [0.15, 0.2) is 0 Å². The molecule has 3 heterocycles. The summed E-state index contributed by atoms with van der Waals surface area (Å²) in [5, 5.41) is 6.48. The Kier molecular flexibility index (Phi) is 4.99. The van der Waals surface area contributed by atoms with Crippen LogP contribution in [-0.2, 0) is 11.3 Å². The number of piperazine rings is 1. The van der Waals surface area contributed by atoms with Crippen LogP contribution in [0.25, 0.3) is 0 Å². The molecule has 3 rings (SSSR count). The molecule has 0 radical (unpaired) electrons. The lowest BCUT2D eigenvalue weighted by molar-refractivity contribution is -0.117. The van der Waals surface area contributed by atoms with E-state index in [2.05, 4.69) is 25.3 Å². The van der Waals surface area contributed by atoms with Crippen LogP contribution in [0.3, 0.4) is 0 Å². The van der Waals surface area contributed by atoms with Gasteiger partial charge in [0.2, 0.25) is 11.8 Å². The van der Waals surface area contributed by atoms with E-state index in [1.54, 1.807) is 6.07 Å². The molecule has 0 aromatic carbocycles. The zero-order valence-corrected chi connectivity index (χ0v) is 13.2. The number of amides is 1. The standard InChI is InChI=1S/C16H21N5O2/c1-13-10-16(23-19-13)18-15(22)12-21-8-6-20(7-9-21)11-14-2-4-17-5-3-14/h2-5,10H,6-9,11-12H2,1H3,(H,18,22). The van der Waals surface area contributed by atoms with E-state index >= 15 is 0 Å². The topological polar surface area (TPSA) is 74.5 Å². The highest BCUT2D eigenvalue weighted by molar-refractivity contribution is 5.90. The van der Waals surface area contributed by atoms with E-state index in [1.807, 2.05) is 31.5 Å². The molecule has 0 atom stereocenters. The van der Waals surface area contributed by atoms with Crippen LogP contribution >= 0.6 is 0 Å². The summed E-state index contributed by atoms with van der Waals surface area (Å²) in [5.74, 6) is 0.340. The first-order valence-electron chi connectivity index (χ1n) is 7.76. The number of hydrogen-bond acceptors (Lipinski definition) is 6. The molecule has 0 bridgehead atoms. The fourth-order valence-electron chi connectivity index (χ4n) is 2.65. The molecule has 0 unspecified atom stereocenters. The summed E-state index contributed by atoms with van der Waals surface area (Å²) in [5.41, 5.74) is 2.02. The highest BCUT2D eigenvalue weighted by atomic mass is 16.5. The van der Waals surface area contributed by atoms with Crippen molar-refractivity contribution in [1.29, 1.82) is 0 Å². The molecule has 2 aromatic rings. The maximum absolute atomic E-state index is 12.0. The van der Waals surface area contributed by atoms with Gasteiger partial charge < -0.3 is 4.52 Å². The van der Waals surface area contributed by atoms with Crippen molar-refractivity contribution < 1.29 is 9.32 Å². The molecule has 122 valence electrons. The highest BCUT2D eigenvalue weighted by Crippen LogP contribution is 2.10. The molecule has 1 amide bonds. The summed E-state index contributed by atoms with van der Waals surface area (Å²) in [6.07, 6.45) is 3.64. The minimum absolute atomic E-state index is 0.0660. The van der Waals surface area contributed by atoms with Crippen molar-refractivity contribution in [3.63, 3.8) is 0 Å². The van der Waals surface area contributed by atoms with Crippen LogP contribution < -0.4 is 5.32 Å². The number of carbonyl (C=O) groups is 1. The van der Waals surface area contributed by atoms with Gasteiger partial charge in [0.25, 0.3) is 0 Å². The molecule has 1 N–H and O–H groups in total. The number of hydrogen-bond donors (Lipinski definition) is 1. The first-order chi connectivity index (χ1) is 11.2. The van der Waals surface area contributed by atoms with E-state index in [1.165, 1.54) is 5.56 Å². The second kappa shape index (κ2) is 7.34. The number of nitrogens with one attached hydrogen (secondary N) is 1. The Bertz CT molecular complexity index is 635. The van der Waals surface area contributed by atoms with Crippen molar-refractivity contribution in [2.45, 2.75) is 13.5 Å². The molecule has 0 aliphatic carbocycles. The van der Waals surface area contributed by atoms with Gasteiger partial charge in [-0.3, -0.25) is 24.9 Å². The Labute approximate surface area is 135 Å². The number of rotatable bonds is 5. The Hall–Kier alpha value is -2.25. The number of aryl methyl sites for hydroxylation is 1. The molecular weight excluding hydrogens is 294 g/mol. The lowest BCUT2D eigenvalue weighted by Gasteiger charge is -2.34. The molecule has 1 aliphatic heterocycles. The fourth-order valence-corrected chi connectivity index (χ4v) is 2.65. The molecule has 23 heavy (non-hydrogen) atoms. The zero-order chi connectivity index (χ0) is 16.1. The Morgan fingerprint density at radius 3 is 2.57 bits per heavy atom. The number of pyridine rings is 1. The monoisotopic (exact) mass is 315 g/mol. The van der Waals surface area contributed by atoms with E-state index < -0.39 is 0 Å². The van der Waals surface area contributed by atoms with Crippen molar-refractivity contribution in [3.8, 4) is 0 Å². The Morgan fingerprint density at radius 2 is 1.91 bits per heavy atom. The maximum Gasteiger partial charge on any atom is 0.240 e. The highest BCUT2D eigenvalue weighted by Gasteiger charge is 2.19. The summed E-state index contributed by atoms with van der Waals surface area (Å²) >= 11 is 0. The van der Waals surface area contributed by atoms with E-state index in [0.29, 0.717) is 12.4 Å². The third-order valence-corrected chi connectivity index (χ3v) is 3.88. The van der Waals surface area contributed by atoms with Gasteiger partial charge in [-0.2, -0.15) is 0 Å². The predicted molar refractivity (Wildman–Crippen MR) is 85.8 cm³/mol. The lowest BCUT2D eigenvalue weighted by atomic mass is 10.2. The van der Waals surface area contributed by atoms with Gasteiger partial charge in [0, 0.05) is 51.2 Å². The second-order valence-corrected chi connectivity index (χ2v) is 5.79. The Balaban J connectivity index is 1.41. The lowest BCUT2D eigenvalue weighted by Crippen LogP contribution is -2.48. The number of carbonyl (C=O) groups excluding carboxylic acids is 1. The molecule has 7 nitrogen and oxygen atoms in total. The van der Waals surface area contributed by atoms with Gasteiger partial charge in [-0.05, 0) is 24.6 Å². The van der Waals surface area contributed by atoms with Crippen LogP contribution in [-0.4, -0.2) is 58.6 Å². The first kappa shape index (κ1) is 15.6. The van der Waals surface area contributed by atoms with Crippen LogP contribution in [0.4, 0.5) is 5.88 Å². The molecule has 0 spiro atoms. The van der Waals surface area contributed by atoms with Crippen molar-refractivity contribution >= 4 is 11.8 Å². The van der Waals surface area contributed by atoms with E-state index in [9.17, 15) is 4.79 Å². The second-order valence-electron chi connectivity index (χ2n) is 5.79. The molecule has 1 aliphatic rings. The molecular formula is C16H21N5O2. The largest absolute Gasteiger partial charge is 0.338 e.